The summed E-state index contributed by atoms with van der Waals surface area (Å²) in [7, 11) is 3.13. The highest BCUT2D eigenvalue weighted by atomic mass is 32.1. The molecule has 1 aromatic heterocycles. The average Bonchev–Trinajstić information content (AvgIpc) is 3.11. The summed E-state index contributed by atoms with van der Waals surface area (Å²) >= 11 is 1.27. The van der Waals surface area contributed by atoms with Crippen molar-refractivity contribution >= 4 is 33.8 Å². The first-order valence-corrected chi connectivity index (χ1v) is 8.48. The van der Waals surface area contributed by atoms with Crippen LogP contribution in [0.25, 0.3) is 0 Å². The first kappa shape index (κ1) is 17.7. The molecule has 0 saturated heterocycles. The van der Waals surface area contributed by atoms with Crippen LogP contribution >= 0.6 is 11.3 Å². The number of thiazole rings is 1. The van der Waals surface area contributed by atoms with Crippen LogP contribution in [-0.2, 0) is 0 Å². The Morgan fingerprint density at radius 3 is 2.73 bits per heavy atom. The van der Waals surface area contributed by atoms with Gasteiger partial charge in [-0.25, -0.2) is 9.37 Å². The Bertz CT molecular complexity index is 930. The average molecular weight is 373 g/mol. The lowest BCUT2D eigenvalue weighted by Gasteiger charge is -2.10. The number of rotatable bonds is 6. The maximum absolute atomic E-state index is 13.2. The van der Waals surface area contributed by atoms with Crippen LogP contribution in [0, 0.1) is 5.82 Å². The molecule has 0 saturated carbocycles. The quantitative estimate of drug-likeness (QED) is 0.674. The van der Waals surface area contributed by atoms with Gasteiger partial charge in [-0.2, -0.15) is 0 Å². The van der Waals surface area contributed by atoms with Crippen LogP contribution in [-0.4, -0.2) is 25.1 Å². The number of carbonyl (C=O) groups excluding carboxylic acids is 1. The molecule has 3 aromatic rings. The van der Waals surface area contributed by atoms with Crippen LogP contribution in [0.1, 0.15) is 10.5 Å². The third-order valence-electron chi connectivity index (χ3n) is 3.47. The van der Waals surface area contributed by atoms with Crippen LogP contribution in [0.5, 0.6) is 11.5 Å². The summed E-state index contributed by atoms with van der Waals surface area (Å²) in [6.07, 6.45) is 0. The zero-order valence-electron chi connectivity index (χ0n) is 14.1. The molecule has 2 N–H and O–H groups in total. The Morgan fingerprint density at radius 1 is 1.15 bits per heavy atom. The van der Waals surface area contributed by atoms with E-state index in [4.69, 9.17) is 9.47 Å². The lowest BCUT2D eigenvalue weighted by atomic mass is 10.3. The van der Waals surface area contributed by atoms with Gasteiger partial charge in [-0.1, -0.05) is 6.07 Å². The van der Waals surface area contributed by atoms with Crippen molar-refractivity contribution in [3.63, 3.8) is 0 Å². The number of ether oxygens (including phenoxy) is 2. The maximum Gasteiger partial charge on any atom is 0.275 e. The molecular formula is C18H16FN3O3S. The maximum atomic E-state index is 13.2. The number of aromatic nitrogens is 1. The molecule has 0 radical (unpaired) electrons. The number of halogens is 1. The third kappa shape index (κ3) is 4.09. The van der Waals surface area contributed by atoms with Crippen molar-refractivity contribution in [3.05, 3.63) is 59.4 Å². The standard InChI is InChI=1S/C18H16FN3O3S/c1-24-13-6-7-14(16(9-13)25-2)21-18-22-15(10-26-18)17(23)20-12-5-3-4-11(19)8-12/h3-10H,1-2H3,(H,20,23)(H,21,22). The number of amides is 1. The SMILES string of the molecule is COc1ccc(Nc2nc(C(=O)Nc3cccc(F)c3)cs2)c(OC)c1. The number of nitrogens with one attached hydrogen (secondary N) is 2. The Morgan fingerprint density at radius 2 is 2.00 bits per heavy atom. The molecular weight excluding hydrogens is 357 g/mol. The van der Waals surface area contributed by atoms with E-state index in [9.17, 15) is 9.18 Å². The molecule has 26 heavy (non-hydrogen) atoms. The van der Waals surface area contributed by atoms with E-state index >= 15 is 0 Å². The Hall–Kier alpha value is -3.13. The van der Waals surface area contributed by atoms with Crippen molar-refractivity contribution < 1.29 is 18.7 Å². The van der Waals surface area contributed by atoms with E-state index in [0.717, 1.165) is 0 Å². The largest absolute Gasteiger partial charge is 0.497 e. The van der Waals surface area contributed by atoms with Crippen molar-refractivity contribution in [2.75, 3.05) is 24.9 Å². The minimum atomic E-state index is -0.421. The summed E-state index contributed by atoms with van der Waals surface area (Å²) < 4.78 is 23.7. The number of carbonyl (C=O) groups is 1. The van der Waals surface area contributed by atoms with Gasteiger partial charge in [0.05, 0.1) is 19.9 Å². The number of hydrogen-bond acceptors (Lipinski definition) is 6. The highest BCUT2D eigenvalue weighted by molar-refractivity contribution is 7.14. The zero-order chi connectivity index (χ0) is 18.5. The number of benzene rings is 2. The predicted molar refractivity (Wildman–Crippen MR) is 99.3 cm³/mol. The van der Waals surface area contributed by atoms with Gasteiger partial charge in [-0.05, 0) is 30.3 Å². The van der Waals surface area contributed by atoms with Crippen LogP contribution in [0.4, 0.5) is 20.9 Å². The Kier molecular flexibility index (Phi) is 5.33. The third-order valence-corrected chi connectivity index (χ3v) is 4.23. The molecule has 3 rings (SSSR count). The molecule has 8 heteroatoms. The van der Waals surface area contributed by atoms with Crippen molar-refractivity contribution in [2.24, 2.45) is 0 Å². The highest BCUT2D eigenvalue weighted by Crippen LogP contribution is 2.32. The molecule has 134 valence electrons. The summed E-state index contributed by atoms with van der Waals surface area (Å²) in [5.74, 6) is 0.420. The van der Waals surface area contributed by atoms with Crippen molar-refractivity contribution in [1.29, 1.82) is 0 Å². The van der Waals surface area contributed by atoms with Crippen LogP contribution < -0.4 is 20.1 Å². The normalized spacial score (nSPS) is 10.3. The fourth-order valence-electron chi connectivity index (χ4n) is 2.21. The number of hydrogen-bond donors (Lipinski definition) is 2. The second kappa shape index (κ2) is 7.83. The summed E-state index contributed by atoms with van der Waals surface area (Å²) in [5.41, 5.74) is 1.29. The molecule has 1 heterocycles. The fourth-order valence-corrected chi connectivity index (χ4v) is 2.92. The van der Waals surface area contributed by atoms with Gasteiger partial charge in [0.15, 0.2) is 5.13 Å². The van der Waals surface area contributed by atoms with Gasteiger partial charge in [0, 0.05) is 17.1 Å². The minimum absolute atomic E-state index is 0.231. The van der Waals surface area contributed by atoms with E-state index in [-0.39, 0.29) is 5.69 Å². The van der Waals surface area contributed by atoms with Gasteiger partial charge >= 0.3 is 0 Å². The van der Waals surface area contributed by atoms with Crippen molar-refractivity contribution in [3.8, 4) is 11.5 Å². The van der Waals surface area contributed by atoms with Crippen molar-refractivity contribution in [2.45, 2.75) is 0 Å². The molecule has 0 unspecified atom stereocenters. The topological polar surface area (TPSA) is 72.5 Å². The van der Waals surface area contributed by atoms with Gasteiger partial charge in [0.25, 0.3) is 5.91 Å². The molecule has 0 bridgehead atoms. The second-order valence-electron chi connectivity index (χ2n) is 5.19. The summed E-state index contributed by atoms with van der Waals surface area (Å²) in [5, 5.41) is 7.86. The zero-order valence-corrected chi connectivity index (χ0v) is 14.9. The Labute approximate surface area is 153 Å². The second-order valence-corrected chi connectivity index (χ2v) is 6.05. The predicted octanol–water partition coefficient (Wildman–Crippen LogP) is 4.30. The molecule has 0 spiro atoms. The highest BCUT2D eigenvalue weighted by Gasteiger charge is 2.13. The van der Waals surface area contributed by atoms with Crippen molar-refractivity contribution in [1.82, 2.24) is 4.98 Å². The smallest absolute Gasteiger partial charge is 0.275 e. The molecule has 0 fully saturated rings. The van der Waals surface area contributed by atoms with Gasteiger partial charge in [0.2, 0.25) is 0 Å². The molecule has 0 aliphatic heterocycles. The molecule has 1 amide bonds. The van der Waals surface area contributed by atoms with Gasteiger partial charge < -0.3 is 20.1 Å². The van der Waals surface area contributed by atoms with E-state index < -0.39 is 11.7 Å². The molecule has 0 atom stereocenters. The molecule has 2 aromatic carbocycles. The fraction of sp³-hybridized carbons (Fsp3) is 0.111. The Balaban J connectivity index is 1.72. The lowest BCUT2D eigenvalue weighted by Crippen LogP contribution is -2.12. The summed E-state index contributed by atoms with van der Waals surface area (Å²) in [6.45, 7) is 0. The van der Waals surface area contributed by atoms with E-state index in [2.05, 4.69) is 15.6 Å². The number of methoxy groups -OCH3 is 2. The van der Waals surface area contributed by atoms with Gasteiger partial charge in [-0.15, -0.1) is 11.3 Å². The van der Waals surface area contributed by atoms with Crippen LogP contribution in [0.15, 0.2) is 47.8 Å². The molecule has 0 aliphatic rings. The van der Waals surface area contributed by atoms with Crippen LogP contribution in [0.3, 0.4) is 0 Å². The van der Waals surface area contributed by atoms with Gasteiger partial charge in [-0.3, -0.25) is 4.79 Å². The van der Waals surface area contributed by atoms with E-state index in [1.165, 1.54) is 29.5 Å². The van der Waals surface area contributed by atoms with Gasteiger partial charge in [0.1, 0.15) is 23.0 Å². The molecule has 0 aliphatic carbocycles. The summed E-state index contributed by atoms with van der Waals surface area (Å²) in [6, 6.07) is 11.0. The van der Waals surface area contributed by atoms with Crippen LogP contribution in [0.2, 0.25) is 0 Å². The first-order chi connectivity index (χ1) is 12.6. The minimum Gasteiger partial charge on any atom is -0.497 e. The number of anilines is 3. The summed E-state index contributed by atoms with van der Waals surface area (Å²) in [4.78, 5) is 16.5. The lowest BCUT2D eigenvalue weighted by molar-refractivity contribution is 0.102. The van der Waals surface area contributed by atoms with E-state index in [1.54, 1.807) is 43.9 Å². The number of nitrogens with zero attached hydrogens (tertiary/aromatic N) is 1. The first-order valence-electron chi connectivity index (χ1n) is 7.60. The van der Waals surface area contributed by atoms with E-state index in [0.29, 0.717) is 28.0 Å². The monoisotopic (exact) mass is 373 g/mol. The van der Waals surface area contributed by atoms with E-state index in [1.807, 2.05) is 0 Å². The molecule has 6 nitrogen and oxygen atoms in total.